The highest BCUT2D eigenvalue weighted by atomic mass is 16.5. The van der Waals surface area contributed by atoms with Gasteiger partial charge in [0.2, 0.25) is 5.72 Å². The Balaban J connectivity index is 2.05. The average Bonchev–Trinajstić information content (AvgIpc) is 2.89. The van der Waals surface area contributed by atoms with Gasteiger partial charge in [-0.25, -0.2) is 0 Å². The first-order valence-corrected chi connectivity index (χ1v) is 11.1. The summed E-state index contributed by atoms with van der Waals surface area (Å²) in [6.07, 6.45) is 1.74. The van der Waals surface area contributed by atoms with Crippen molar-refractivity contribution in [2.24, 2.45) is 15.3 Å². The van der Waals surface area contributed by atoms with Gasteiger partial charge in [-0.1, -0.05) is 89.2 Å². The summed E-state index contributed by atoms with van der Waals surface area (Å²) in [4.78, 5) is 4.73. The molecule has 3 aromatic rings. The minimum Gasteiger partial charge on any atom is -0.411 e. The summed E-state index contributed by atoms with van der Waals surface area (Å²) in [6.45, 7) is 5.71. The van der Waals surface area contributed by atoms with Crippen molar-refractivity contribution < 1.29 is 15.2 Å². The van der Waals surface area contributed by atoms with Crippen molar-refractivity contribution in [3.05, 3.63) is 102 Å². The van der Waals surface area contributed by atoms with E-state index in [1.54, 1.807) is 20.1 Å². The summed E-state index contributed by atoms with van der Waals surface area (Å²) in [7, 11) is 0. The maximum absolute atomic E-state index is 9.70. The van der Waals surface area contributed by atoms with Gasteiger partial charge in [0, 0.05) is 29.6 Å². The van der Waals surface area contributed by atoms with Gasteiger partial charge in [0.25, 0.3) is 0 Å². The molecule has 0 saturated heterocycles. The van der Waals surface area contributed by atoms with Crippen LogP contribution in [0.25, 0.3) is 0 Å². The van der Waals surface area contributed by atoms with Gasteiger partial charge in [-0.3, -0.25) is 4.99 Å². The van der Waals surface area contributed by atoms with E-state index in [1.807, 2.05) is 91.9 Å². The lowest BCUT2D eigenvalue weighted by molar-refractivity contribution is 0.0312. The minimum absolute atomic E-state index is 0.359. The van der Waals surface area contributed by atoms with E-state index in [-0.39, 0.29) is 0 Å². The highest BCUT2D eigenvalue weighted by molar-refractivity contribution is 5.96. The number of hydrogen-bond acceptors (Lipinski definition) is 7. The van der Waals surface area contributed by atoms with Crippen LogP contribution in [0.3, 0.4) is 0 Å². The molecular formula is C27H30N4O3. The van der Waals surface area contributed by atoms with Gasteiger partial charge in [0.1, 0.15) is 11.8 Å². The Morgan fingerprint density at radius 3 is 2.15 bits per heavy atom. The molecule has 7 heteroatoms. The smallest absolute Gasteiger partial charge is 0.207 e. The van der Waals surface area contributed by atoms with Crippen LogP contribution >= 0.6 is 0 Å². The third-order valence-electron chi connectivity index (χ3n) is 5.50. The second-order valence-corrected chi connectivity index (χ2v) is 7.71. The van der Waals surface area contributed by atoms with Crippen LogP contribution in [0, 0.1) is 0 Å². The van der Waals surface area contributed by atoms with Gasteiger partial charge >= 0.3 is 0 Å². The maximum atomic E-state index is 9.70. The van der Waals surface area contributed by atoms with Gasteiger partial charge in [-0.2, -0.15) is 0 Å². The highest BCUT2D eigenvalue weighted by Gasteiger charge is 2.37. The predicted molar refractivity (Wildman–Crippen MR) is 136 cm³/mol. The number of para-hydroxylation sites is 1. The van der Waals surface area contributed by atoms with E-state index in [1.165, 1.54) is 0 Å². The van der Waals surface area contributed by atoms with E-state index in [2.05, 4.69) is 15.6 Å². The molecule has 0 radical (unpaired) electrons. The number of aliphatic imine (C=N–C) groups is 1. The largest absolute Gasteiger partial charge is 0.411 e. The van der Waals surface area contributed by atoms with Crippen LogP contribution in [0.2, 0.25) is 0 Å². The van der Waals surface area contributed by atoms with Crippen LogP contribution < -0.4 is 5.32 Å². The Hall–Kier alpha value is -3.97. The number of nitrogens with one attached hydrogen (secondary N) is 1. The topological polar surface area (TPSA) is 98.8 Å². The first-order valence-electron chi connectivity index (χ1n) is 11.1. The Labute approximate surface area is 200 Å². The fraction of sp³-hybridized carbons (Fsp3) is 0.222. The molecule has 0 saturated carbocycles. The van der Waals surface area contributed by atoms with E-state index in [0.717, 1.165) is 22.4 Å². The zero-order valence-corrected chi connectivity index (χ0v) is 19.6. The number of benzene rings is 3. The molecule has 0 amide bonds. The Morgan fingerprint density at radius 1 is 0.912 bits per heavy atom. The SMILES string of the molecule is CCOC(Nc1ccccc1C=NC(/C(C)=N/O)c1ccccc1)(/C(C)=N/O)c1ccccc1. The molecule has 0 aliphatic rings. The number of ether oxygens (including phenoxy) is 1. The van der Waals surface area contributed by atoms with E-state index in [4.69, 9.17) is 9.73 Å². The lowest BCUT2D eigenvalue weighted by Crippen LogP contribution is -2.45. The van der Waals surface area contributed by atoms with E-state index >= 15 is 0 Å². The fourth-order valence-corrected chi connectivity index (χ4v) is 3.75. The normalized spacial score (nSPS) is 15.1. The molecule has 0 fully saturated rings. The van der Waals surface area contributed by atoms with Crippen LogP contribution in [-0.2, 0) is 10.5 Å². The van der Waals surface area contributed by atoms with Crippen molar-refractivity contribution in [1.82, 2.24) is 0 Å². The van der Waals surface area contributed by atoms with Crippen LogP contribution in [0.1, 0.15) is 43.5 Å². The zero-order valence-electron chi connectivity index (χ0n) is 19.6. The van der Waals surface area contributed by atoms with E-state index < -0.39 is 11.8 Å². The van der Waals surface area contributed by atoms with Crippen LogP contribution in [0.4, 0.5) is 5.69 Å². The molecule has 7 nitrogen and oxygen atoms in total. The van der Waals surface area contributed by atoms with Crippen molar-refractivity contribution in [1.29, 1.82) is 0 Å². The molecule has 3 rings (SSSR count). The number of oxime groups is 2. The summed E-state index contributed by atoms with van der Waals surface area (Å²) >= 11 is 0. The Kier molecular flexibility index (Phi) is 8.54. The van der Waals surface area contributed by atoms with Gasteiger partial charge in [-0.05, 0) is 32.4 Å². The molecule has 0 aliphatic heterocycles. The lowest BCUT2D eigenvalue weighted by atomic mass is 9.96. The molecule has 176 valence electrons. The maximum Gasteiger partial charge on any atom is 0.207 e. The molecule has 34 heavy (non-hydrogen) atoms. The Bertz CT molecular complexity index is 1150. The van der Waals surface area contributed by atoms with Crippen LogP contribution in [0.15, 0.2) is 100 Å². The summed E-state index contributed by atoms with van der Waals surface area (Å²) in [5.74, 6) is 0. The third-order valence-corrected chi connectivity index (χ3v) is 5.50. The fourth-order valence-electron chi connectivity index (χ4n) is 3.75. The van der Waals surface area contributed by atoms with Crippen molar-refractivity contribution in [2.45, 2.75) is 32.5 Å². The molecule has 0 spiro atoms. The predicted octanol–water partition coefficient (Wildman–Crippen LogP) is 5.85. The number of hydrogen-bond donors (Lipinski definition) is 3. The quantitative estimate of drug-likeness (QED) is 0.154. The second kappa shape index (κ2) is 11.8. The molecule has 3 N–H and O–H groups in total. The summed E-state index contributed by atoms with van der Waals surface area (Å²) in [5, 5.41) is 29.4. The molecular weight excluding hydrogens is 428 g/mol. The van der Waals surface area contributed by atoms with Crippen molar-refractivity contribution >= 4 is 23.3 Å². The second-order valence-electron chi connectivity index (χ2n) is 7.71. The Morgan fingerprint density at radius 2 is 1.53 bits per heavy atom. The minimum atomic E-state index is -1.18. The zero-order chi connectivity index (χ0) is 24.4. The molecule has 2 atom stereocenters. The first-order chi connectivity index (χ1) is 16.6. The molecule has 3 aromatic carbocycles. The number of nitrogens with zero attached hydrogens (tertiary/aromatic N) is 3. The summed E-state index contributed by atoms with van der Waals surface area (Å²) < 4.78 is 6.18. The van der Waals surface area contributed by atoms with Gasteiger partial charge in [0.15, 0.2) is 0 Å². The molecule has 2 unspecified atom stereocenters. The van der Waals surface area contributed by atoms with Gasteiger partial charge in [-0.15, -0.1) is 0 Å². The number of anilines is 1. The highest BCUT2D eigenvalue weighted by Crippen LogP contribution is 2.31. The van der Waals surface area contributed by atoms with Gasteiger partial charge < -0.3 is 20.5 Å². The van der Waals surface area contributed by atoms with Crippen molar-refractivity contribution in [2.75, 3.05) is 11.9 Å². The van der Waals surface area contributed by atoms with Crippen LogP contribution in [0.5, 0.6) is 0 Å². The summed E-state index contributed by atoms with van der Waals surface area (Å²) in [6, 6.07) is 26.4. The number of rotatable bonds is 10. The first kappa shape index (κ1) is 24.7. The van der Waals surface area contributed by atoms with Crippen molar-refractivity contribution in [3.63, 3.8) is 0 Å². The van der Waals surface area contributed by atoms with Gasteiger partial charge in [0.05, 0.1) is 5.71 Å². The molecule has 0 aliphatic carbocycles. The lowest BCUT2D eigenvalue weighted by Gasteiger charge is -2.35. The summed E-state index contributed by atoms with van der Waals surface area (Å²) in [5.41, 5.74) is 2.88. The molecule has 0 heterocycles. The average molecular weight is 459 g/mol. The monoisotopic (exact) mass is 458 g/mol. The third kappa shape index (κ3) is 5.50. The standard InChI is InChI=1S/C27H30N4O3/c1-4-34-27(21(3)31-33,24-16-9-6-10-17-24)29-25-18-12-11-15-23(25)19-28-26(20(2)30-32)22-13-7-5-8-14-22/h5-19,26,29,32-33H,4H2,1-3H3/b28-19?,30-20+,31-21+. The van der Waals surface area contributed by atoms with Crippen molar-refractivity contribution in [3.8, 4) is 0 Å². The van der Waals surface area contributed by atoms with E-state index in [9.17, 15) is 10.4 Å². The van der Waals surface area contributed by atoms with E-state index in [0.29, 0.717) is 18.0 Å². The molecule has 0 aromatic heterocycles. The van der Waals surface area contributed by atoms with Crippen LogP contribution in [-0.4, -0.2) is 34.7 Å². The molecule has 0 bridgehead atoms.